The summed E-state index contributed by atoms with van der Waals surface area (Å²) in [4.78, 5) is 12.6. The van der Waals surface area contributed by atoms with E-state index in [0.717, 1.165) is 12.1 Å². The summed E-state index contributed by atoms with van der Waals surface area (Å²) >= 11 is 3.24. The minimum Gasteiger partial charge on any atom is -0.381 e. The highest BCUT2D eigenvalue weighted by Gasteiger charge is 2.31. The number of alkyl halides is 3. The van der Waals surface area contributed by atoms with Crippen LogP contribution < -0.4 is 11.1 Å². The summed E-state index contributed by atoms with van der Waals surface area (Å²) in [6.45, 7) is 1.01. The van der Waals surface area contributed by atoms with E-state index >= 15 is 0 Å². The van der Waals surface area contributed by atoms with Crippen LogP contribution in [-0.2, 0) is 6.18 Å². The number of anilines is 1. The van der Waals surface area contributed by atoms with Gasteiger partial charge >= 0.3 is 12.2 Å². The number of urea groups is 1. The zero-order valence-corrected chi connectivity index (χ0v) is 12.7. The molecule has 0 spiro atoms. The predicted molar refractivity (Wildman–Crippen MR) is 76.9 cm³/mol. The summed E-state index contributed by atoms with van der Waals surface area (Å²) in [6, 6.07) is 3.05. The number of primary amides is 1. The Kier molecular flexibility index (Phi) is 4.65. The molecule has 1 saturated heterocycles. The van der Waals surface area contributed by atoms with Crippen LogP contribution in [0.1, 0.15) is 18.4 Å². The van der Waals surface area contributed by atoms with E-state index in [4.69, 9.17) is 5.73 Å². The van der Waals surface area contributed by atoms with Crippen molar-refractivity contribution in [2.24, 2.45) is 5.73 Å². The van der Waals surface area contributed by atoms with Crippen LogP contribution in [0, 0.1) is 0 Å². The molecule has 0 unspecified atom stereocenters. The molecule has 2 rings (SSSR count). The molecule has 0 atom stereocenters. The van der Waals surface area contributed by atoms with E-state index < -0.39 is 17.8 Å². The molecule has 0 aromatic heterocycles. The van der Waals surface area contributed by atoms with Crippen LogP contribution in [0.4, 0.5) is 23.7 Å². The van der Waals surface area contributed by atoms with E-state index in [1.807, 2.05) is 0 Å². The molecule has 1 aliphatic rings. The van der Waals surface area contributed by atoms with Crippen LogP contribution in [0.25, 0.3) is 0 Å². The van der Waals surface area contributed by atoms with Gasteiger partial charge in [0.2, 0.25) is 0 Å². The topological polar surface area (TPSA) is 58.4 Å². The van der Waals surface area contributed by atoms with Crippen molar-refractivity contribution in [3.05, 3.63) is 28.2 Å². The lowest BCUT2D eigenvalue weighted by molar-refractivity contribution is -0.137. The van der Waals surface area contributed by atoms with Gasteiger partial charge in [-0.3, -0.25) is 0 Å². The number of nitrogens with two attached hydrogens (primary N) is 1. The van der Waals surface area contributed by atoms with Crippen molar-refractivity contribution in [2.45, 2.75) is 25.1 Å². The number of piperidine rings is 1. The summed E-state index contributed by atoms with van der Waals surface area (Å²) < 4.78 is 38.7. The van der Waals surface area contributed by atoms with Crippen LogP contribution in [0.2, 0.25) is 0 Å². The fourth-order valence-corrected chi connectivity index (χ4v) is 2.64. The van der Waals surface area contributed by atoms with Crippen LogP contribution >= 0.6 is 15.9 Å². The first-order valence-electron chi connectivity index (χ1n) is 6.45. The summed E-state index contributed by atoms with van der Waals surface area (Å²) in [5, 5.41) is 3.10. The summed E-state index contributed by atoms with van der Waals surface area (Å²) in [6.07, 6.45) is -3.08. The molecule has 4 nitrogen and oxygen atoms in total. The quantitative estimate of drug-likeness (QED) is 0.843. The third-order valence-corrected chi connectivity index (χ3v) is 4.15. The van der Waals surface area contributed by atoms with Gasteiger partial charge in [-0.1, -0.05) is 0 Å². The number of nitrogens with zero attached hydrogens (tertiary/aromatic N) is 1. The van der Waals surface area contributed by atoms with Crippen molar-refractivity contribution >= 4 is 27.6 Å². The third kappa shape index (κ3) is 4.03. The molecule has 1 aromatic rings. The van der Waals surface area contributed by atoms with E-state index in [9.17, 15) is 18.0 Å². The van der Waals surface area contributed by atoms with Crippen molar-refractivity contribution in [3.8, 4) is 0 Å². The molecule has 2 amide bonds. The van der Waals surface area contributed by atoms with Gasteiger partial charge in [0.1, 0.15) is 0 Å². The van der Waals surface area contributed by atoms with Crippen LogP contribution in [0.5, 0.6) is 0 Å². The lowest BCUT2D eigenvalue weighted by Crippen LogP contribution is -2.44. The number of benzene rings is 1. The Labute approximate surface area is 128 Å². The normalized spacial score (nSPS) is 16.9. The average molecular weight is 366 g/mol. The Morgan fingerprint density at radius 1 is 1.33 bits per heavy atom. The number of carbonyl (C=O) groups is 1. The van der Waals surface area contributed by atoms with Gasteiger partial charge in [0.25, 0.3) is 0 Å². The molecule has 116 valence electrons. The van der Waals surface area contributed by atoms with E-state index in [-0.39, 0.29) is 6.04 Å². The van der Waals surface area contributed by atoms with Crippen molar-refractivity contribution in [3.63, 3.8) is 0 Å². The van der Waals surface area contributed by atoms with Crippen molar-refractivity contribution in [2.75, 3.05) is 18.4 Å². The second-order valence-corrected chi connectivity index (χ2v) is 5.79. The first-order valence-corrected chi connectivity index (χ1v) is 7.24. The van der Waals surface area contributed by atoms with Gasteiger partial charge in [0, 0.05) is 29.3 Å². The van der Waals surface area contributed by atoms with Crippen molar-refractivity contribution in [1.29, 1.82) is 0 Å². The minimum absolute atomic E-state index is 0.0142. The molecule has 21 heavy (non-hydrogen) atoms. The molecule has 0 aliphatic carbocycles. The largest absolute Gasteiger partial charge is 0.416 e. The molecule has 1 fully saturated rings. The molecular formula is C13H15BrF3N3O. The minimum atomic E-state index is -4.37. The zero-order valence-electron chi connectivity index (χ0n) is 11.1. The second kappa shape index (κ2) is 6.13. The highest BCUT2D eigenvalue weighted by molar-refractivity contribution is 9.10. The molecule has 3 N–H and O–H groups in total. The Hall–Kier alpha value is -1.44. The molecule has 1 heterocycles. The van der Waals surface area contributed by atoms with Gasteiger partial charge in [0.15, 0.2) is 0 Å². The lowest BCUT2D eigenvalue weighted by atomic mass is 10.0. The fraction of sp³-hybridized carbons (Fsp3) is 0.462. The smallest absolute Gasteiger partial charge is 0.381 e. The SMILES string of the molecule is NC(=O)N1CCC(Nc2cc(C(F)(F)F)ccc2Br)CC1. The average Bonchev–Trinajstić information content (AvgIpc) is 2.40. The molecule has 0 bridgehead atoms. The first-order chi connectivity index (χ1) is 9.77. The summed E-state index contributed by atoms with van der Waals surface area (Å²) in [7, 11) is 0. The van der Waals surface area contributed by atoms with E-state index in [0.29, 0.717) is 36.1 Å². The monoisotopic (exact) mass is 365 g/mol. The van der Waals surface area contributed by atoms with Gasteiger partial charge in [-0.05, 0) is 47.0 Å². The lowest BCUT2D eigenvalue weighted by Gasteiger charge is -2.32. The molecule has 0 radical (unpaired) electrons. The van der Waals surface area contributed by atoms with Crippen LogP contribution in [-0.4, -0.2) is 30.1 Å². The molecular weight excluding hydrogens is 351 g/mol. The maximum atomic E-state index is 12.7. The van der Waals surface area contributed by atoms with Gasteiger partial charge in [0.05, 0.1) is 5.56 Å². The number of carbonyl (C=O) groups excluding carboxylic acids is 1. The second-order valence-electron chi connectivity index (χ2n) is 4.94. The van der Waals surface area contributed by atoms with Crippen LogP contribution in [0.15, 0.2) is 22.7 Å². The highest BCUT2D eigenvalue weighted by Crippen LogP contribution is 2.34. The van der Waals surface area contributed by atoms with E-state index in [1.165, 1.54) is 11.0 Å². The third-order valence-electron chi connectivity index (χ3n) is 3.46. The van der Waals surface area contributed by atoms with Crippen molar-refractivity contribution in [1.82, 2.24) is 4.90 Å². The highest BCUT2D eigenvalue weighted by atomic mass is 79.9. The molecule has 1 aliphatic heterocycles. The van der Waals surface area contributed by atoms with Crippen molar-refractivity contribution < 1.29 is 18.0 Å². The summed E-state index contributed by atoms with van der Waals surface area (Å²) in [5.41, 5.74) is 4.90. The van der Waals surface area contributed by atoms with Gasteiger partial charge in [-0.15, -0.1) is 0 Å². The molecule has 1 aromatic carbocycles. The maximum Gasteiger partial charge on any atom is 0.416 e. The Morgan fingerprint density at radius 3 is 2.48 bits per heavy atom. The number of halogens is 4. The van der Waals surface area contributed by atoms with E-state index in [2.05, 4.69) is 21.2 Å². The van der Waals surface area contributed by atoms with Crippen LogP contribution in [0.3, 0.4) is 0 Å². The molecule has 0 saturated carbocycles. The number of rotatable bonds is 2. The number of hydrogen-bond acceptors (Lipinski definition) is 2. The Balaban J connectivity index is 2.05. The van der Waals surface area contributed by atoms with Gasteiger partial charge < -0.3 is 16.0 Å². The number of amides is 2. The zero-order chi connectivity index (χ0) is 15.6. The van der Waals surface area contributed by atoms with Gasteiger partial charge in [-0.25, -0.2) is 4.79 Å². The number of nitrogens with one attached hydrogen (secondary N) is 1. The summed E-state index contributed by atoms with van der Waals surface area (Å²) in [5.74, 6) is 0. The Bertz CT molecular complexity index is 528. The van der Waals surface area contributed by atoms with E-state index in [1.54, 1.807) is 0 Å². The first kappa shape index (κ1) is 15.9. The predicted octanol–water partition coefficient (Wildman–Crippen LogP) is 3.42. The fourth-order valence-electron chi connectivity index (χ4n) is 2.28. The number of likely N-dealkylation sites (tertiary alicyclic amines) is 1. The number of hydrogen-bond donors (Lipinski definition) is 2. The van der Waals surface area contributed by atoms with Gasteiger partial charge in [-0.2, -0.15) is 13.2 Å². The Morgan fingerprint density at radius 2 is 1.95 bits per heavy atom. The molecule has 8 heteroatoms. The maximum absolute atomic E-state index is 12.7. The standard InChI is InChI=1S/C13H15BrF3N3O/c14-10-2-1-8(13(15,16)17)7-11(10)19-9-3-5-20(6-4-9)12(18)21/h1-2,7,9,19H,3-6H2,(H2,18,21).